The standard InChI is InChI=1S/C17H34N2O3S/c1-15(2)22-11-12-23(20,21)19-10-6-8-17(14-19)13-18-9-5-4-7-16(18)3/h15-17H,4-14H2,1-3H3/t16-,17+/m1/s1. The highest BCUT2D eigenvalue weighted by Gasteiger charge is 2.30. The maximum atomic E-state index is 12.5. The number of piperidine rings is 2. The highest BCUT2D eigenvalue weighted by Crippen LogP contribution is 2.24. The predicted molar refractivity (Wildman–Crippen MR) is 94.1 cm³/mol. The number of rotatable bonds is 7. The van der Waals surface area contributed by atoms with Crippen LogP contribution in [0.15, 0.2) is 0 Å². The van der Waals surface area contributed by atoms with Crippen LogP contribution in [0.25, 0.3) is 0 Å². The van der Waals surface area contributed by atoms with Crippen LogP contribution >= 0.6 is 0 Å². The normalized spacial score (nSPS) is 28.3. The fraction of sp³-hybridized carbons (Fsp3) is 1.00. The molecule has 136 valence electrons. The van der Waals surface area contributed by atoms with Gasteiger partial charge in [-0.25, -0.2) is 12.7 Å². The minimum absolute atomic E-state index is 0.0832. The van der Waals surface area contributed by atoms with Crippen LogP contribution in [0.5, 0.6) is 0 Å². The van der Waals surface area contributed by atoms with Crippen LogP contribution in [0, 0.1) is 5.92 Å². The first kappa shape index (κ1) is 19.2. The number of hydrogen-bond donors (Lipinski definition) is 0. The minimum Gasteiger partial charge on any atom is -0.378 e. The Morgan fingerprint density at radius 2 is 1.91 bits per heavy atom. The molecule has 2 atom stereocenters. The van der Waals surface area contributed by atoms with Crippen molar-refractivity contribution < 1.29 is 13.2 Å². The number of nitrogens with zero attached hydrogens (tertiary/aromatic N) is 2. The summed E-state index contributed by atoms with van der Waals surface area (Å²) in [6.07, 6.45) is 6.11. The predicted octanol–water partition coefficient (Wildman–Crippen LogP) is 2.33. The van der Waals surface area contributed by atoms with Crippen molar-refractivity contribution in [2.45, 2.75) is 65.0 Å². The molecule has 0 aromatic rings. The van der Waals surface area contributed by atoms with Crippen LogP contribution in [0.3, 0.4) is 0 Å². The third-order valence-electron chi connectivity index (χ3n) is 5.10. The maximum absolute atomic E-state index is 12.5. The van der Waals surface area contributed by atoms with Gasteiger partial charge in [0.2, 0.25) is 10.0 Å². The highest BCUT2D eigenvalue weighted by atomic mass is 32.2. The minimum atomic E-state index is -3.18. The molecule has 0 aromatic carbocycles. The van der Waals surface area contributed by atoms with E-state index in [1.54, 1.807) is 4.31 Å². The second kappa shape index (κ2) is 8.79. The van der Waals surface area contributed by atoms with E-state index in [4.69, 9.17) is 4.74 Å². The van der Waals surface area contributed by atoms with Crippen LogP contribution in [0.1, 0.15) is 52.9 Å². The summed E-state index contributed by atoms with van der Waals surface area (Å²) in [5.41, 5.74) is 0. The van der Waals surface area contributed by atoms with E-state index >= 15 is 0 Å². The van der Waals surface area contributed by atoms with E-state index in [1.807, 2.05) is 13.8 Å². The molecule has 2 saturated heterocycles. The van der Waals surface area contributed by atoms with Crippen LogP contribution in [-0.2, 0) is 14.8 Å². The van der Waals surface area contributed by atoms with Crippen molar-refractivity contribution in [1.29, 1.82) is 0 Å². The molecule has 0 aromatic heterocycles. The molecule has 23 heavy (non-hydrogen) atoms. The molecule has 5 nitrogen and oxygen atoms in total. The van der Waals surface area contributed by atoms with Gasteiger partial charge in [-0.2, -0.15) is 0 Å². The summed E-state index contributed by atoms with van der Waals surface area (Å²) in [6.45, 7) is 10.1. The number of likely N-dealkylation sites (tertiary alicyclic amines) is 1. The van der Waals surface area contributed by atoms with E-state index in [0.717, 1.165) is 19.4 Å². The van der Waals surface area contributed by atoms with Gasteiger partial charge in [0.1, 0.15) is 0 Å². The lowest BCUT2D eigenvalue weighted by molar-refractivity contribution is 0.0898. The molecule has 2 fully saturated rings. The molecule has 0 aliphatic carbocycles. The average Bonchev–Trinajstić information content (AvgIpc) is 2.49. The number of ether oxygens (including phenoxy) is 1. The summed E-state index contributed by atoms with van der Waals surface area (Å²) >= 11 is 0. The molecule has 2 heterocycles. The Balaban J connectivity index is 1.84. The Bertz CT molecular complexity index is 453. The maximum Gasteiger partial charge on any atom is 0.216 e. The lowest BCUT2D eigenvalue weighted by atomic mass is 9.96. The quantitative estimate of drug-likeness (QED) is 0.710. The van der Waals surface area contributed by atoms with Gasteiger partial charge in [-0.3, -0.25) is 0 Å². The van der Waals surface area contributed by atoms with Crippen molar-refractivity contribution in [2.24, 2.45) is 5.92 Å². The van der Waals surface area contributed by atoms with Gasteiger partial charge in [0, 0.05) is 25.7 Å². The second-order valence-corrected chi connectivity index (χ2v) is 9.53. The highest BCUT2D eigenvalue weighted by molar-refractivity contribution is 7.89. The van der Waals surface area contributed by atoms with Gasteiger partial charge in [0.25, 0.3) is 0 Å². The lowest BCUT2D eigenvalue weighted by Crippen LogP contribution is -2.47. The molecule has 2 aliphatic rings. The fourth-order valence-corrected chi connectivity index (χ4v) is 5.12. The molecule has 0 saturated carbocycles. The molecular weight excluding hydrogens is 312 g/mol. The Kier molecular flexibility index (Phi) is 7.32. The molecule has 0 N–H and O–H groups in total. The first-order valence-corrected chi connectivity index (χ1v) is 10.8. The summed E-state index contributed by atoms with van der Waals surface area (Å²) in [6, 6.07) is 0.648. The first-order chi connectivity index (χ1) is 10.9. The van der Waals surface area contributed by atoms with Gasteiger partial charge >= 0.3 is 0 Å². The van der Waals surface area contributed by atoms with E-state index in [9.17, 15) is 8.42 Å². The molecule has 0 radical (unpaired) electrons. The van der Waals surface area contributed by atoms with Crippen molar-refractivity contribution in [1.82, 2.24) is 9.21 Å². The van der Waals surface area contributed by atoms with Crippen molar-refractivity contribution in [3.63, 3.8) is 0 Å². The molecule has 2 aliphatic heterocycles. The van der Waals surface area contributed by atoms with Crippen molar-refractivity contribution >= 4 is 10.0 Å². The van der Waals surface area contributed by atoms with Crippen LogP contribution < -0.4 is 0 Å². The van der Waals surface area contributed by atoms with E-state index in [-0.39, 0.29) is 11.9 Å². The Morgan fingerprint density at radius 3 is 2.61 bits per heavy atom. The van der Waals surface area contributed by atoms with Crippen LogP contribution in [0.4, 0.5) is 0 Å². The van der Waals surface area contributed by atoms with Crippen molar-refractivity contribution in [2.75, 3.05) is 38.5 Å². The summed E-state index contributed by atoms with van der Waals surface area (Å²) in [5, 5.41) is 0. The zero-order valence-electron chi connectivity index (χ0n) is 15.0. The average molecular weight is 347 g/mol. The second-order valence-electron chi connectivity index (χ2n) is 7.44. The third-order valence-corrected chi connectivity index (χ3v) is 6.90. The monoisotopic (exact) mass is 346 g/mol. The molecule has 0 bridgehead atoms. The van der Waals surface area contributed by atoms with Gasteiger partial charge < -0.3 is 9.64 Å². The summed E-state index contributed by atoms with van der Waals surface area (Å²) in [5.74, 6) is 0.586. The molecular formula is C17H34N2O3S. The third kappa shape index (κ3) is 6.00. The Morgan fingerprint density at radius 1 is 1.13 bits per heavy atom. The smallest absolute Gasteiger partial charge is 0.216 e. The van der Waals surface area contributed by atoms with Crippen LogP contribution in [0.2, 0.25) is 0 Å². The zero-order chi connectivity index (χ0) is 16.9. The topological polar surface area (TPSA) is 49.9 Å². The van der Waals surface area contributed by atoms with Gasteiger partial charge in [-0.15, -0.1) is 0 Å². The first-order valence-electron chi connectivity index (χ1n) is 9.22. The van der Waals surface area contributed by atoms with Crippen molar-refractivity contribution in [3.05, 3.63) is 0 Å². The van der Waals surface area contributed by atoms with E-state index < -0.39 is 10.0 Å². The summed E-state index contributed by atoms with van der Waals surface area (Å²) in [4.78, 5) is 2.56. The molecule has 0 unspecified atom stereocenters. The Hall–Kier alpha value is -0.170. The van der Waals surface area contributed by atoms with Crippen molar-refractivity contribution in [3.8, 4) is 0 Å². The number of hydrogen-bond acceptors (Lipinski definition) is 4. The van der Waals surface area contributed by atoms with Crippen LogP contribution in [-0.4, -0.2) is 68.3 Å². The largest absolute Gasteiger partial charge is 0.378 e. The van der Waals surface area contributed by atoms with Gasteiger partial charge in [0.15, 0.2) is 0 Å². The molecule has 6 heteroatoms. The zero-order valence-corrected chi connectivity index (χ0v) is 15.9. The molecule has 0 spiro atoms. The van der Waals surface area contributed by atoms with E-state index in [0.29, 0.717) is 31.7 Å². The van der Waals surface area contributed by atoms with Gasteiger partial charge in [-0.1, -0.05) is 6.42 Å². The number of sulfonamides is 1. The summed E-state index contributed by atoms with van der Waals surface area (Å²) < 4.78 is 32.1. The molecule has 0 amide bonds. The van der Waals surface area contributed by atoms with Gasteiger partial charge in [0.05, 0.1) is 18.5 Å². The molecule has 2 rings (SSSR count). The fourth-order valence-electron chi connectivity index (χ4n) is 3.71. The Labute approximate surface area is 142 Å². The summed E-state index contributed by atoms with van der Waals surface area (Å²) in [7, 11) is -3.18. The lowest BCUT2D eigenvalue weighted by Gasteiger charge is -2.39. The van der Waals surface area contributed by atoms with E-state index in [1.165, 1.54) is 25.8 Å². The van der Waals surface area contributed by atoms with E-state index in [2.05, 4.69) is 11.8 Å². The van der Waals surface area contributed by atoms with Gasteiger partial charge in [-0.05, 0) is 58.9 Å². The SMILES string of the molecule is CC(C)OCCS(=O)(=O)N1CCC[C@@H](CN2CCCC[C@H]2C)C1.